The summed E-state index contributed by atoms with van der Waals surface area (Å²) in [6.07, 6.45) is 5.01. The molecule has 1 aliphatic rings. The number of anilines is 1. The minimum Gasteiger partial charge on any atom is -0.373 e. The zero-order valence-corrected chi connectivity index (χ0v) is 12.3. The first kappa shape index (κ1) is 14.9. The van der Waals surface area contributed by atoms with Crippen LogP contribution in [-0.4, -0.2) is 38.6 Å². The van der Waals surface area contributed by atoms with Crippen molar-refractivity contribution < 1.29 is 4.79 Å². The molecular weight excluding hydrogens is 250 g/mol. The number of carbonyl (C=O) groups is 1. The maximum absolute atomic E-state index is 11.7. The average molecular weight is 275 g/mol. The predicted molar refractivity (Wildman–Crippen MR) is 83.0 cm³/mol. The molecule has 0 heterocycles. The Morgan fingerprint density at radius 2 is 1.95 bits per heavy atom. The fourth-order valence-corrected chi connectivity index (χ4v) is 2.60. The van der Waals surface area contributed by atoms with Crippen LogP contribution in [0, 0.1) is 0 Å². The van der Waals surface area contributed by atoms with E-state index in [1.165, 1.54) is 31.4 Å². The summed E-state index contributed by atoms with van der Waals surface area (Å²) in [4.78, 5) is 13.9. The molecule has 0 aliphatic heterocycles. The van der Waals surface area contributed by atoms with Gasteiger partial charge in [-0.05, 0) is 25.0 Å². The van der Waals surface area contributed by atoms with Crippen LogP contribution in [0.5, 0.6) is 0 Å². The van der Waals surface area contributed by atoms with Crippen molar-refractivity contribution in [2.75, 3.05) is 31.6 Å². The number of carbonyl (C=O) groups excluding carboxylic acids is 1. The van der Waals surface area contributed by atoms with Crippen molar-refractivity contribution in [1.29, 1.82) is 0 Å². The SMILES string of the molecule is CN(CCNC(=O)CNC1CCCC1)c1ccccc1. The first-order valence-electron chi connectivity index (χ1n) is 7.52. The summed E-state index contributed by atoms with van der Waals surface area (Å²) < 4.78 is 0. The van der Waals surface area contributed by atoms with E-state index in [1.807, 2.05) is 25.2 Å². The average Bonchev–Trinajstić information content (AvgIpc) is 2.99. The van der Waals surface area contributed by atoms with Crippen molar-refractivity contribution in [2.45, 2.75) is 31.7 Å². The highest BCUT2D eigenvalue weighted by molar-refractivity contribution is 5.78. The Bertz CT molecular complexity index is 401. The highest BCUT2D eigenvalue weighted by Crippen LogP contribution is 2.17. The lowest BCUT2D eigenvalue weighted by molar-refractivity contribution is -0.120. The van der Waals surface area contributed by atoms with E-state index in [-0.39, 0.29) is 5.91 Å². The lowest BCUT2D eigenvalue weighted by Crippen LogP contribution is -2.40. The summed E-state index contributed by atoms with van der Waals surface area (Å²) in [7, 11) is 2.04. The summed E-state index contributed by atoms with van der Waals surface area (Å²) in [6, 6.07) is 10.7. The molecule has 4 heteroatoms. The molecular formula is C16H25N3O. The van der Waals surface area contributed by atoms with Gasteiger partial charge >= 0.3 is 0 Å². The summed E-state index contributed by atoms with van der Waals surface area (Å²) in [6.45, 7) is 1.94. The van der Waals surface area contributed by atoms with E-state index in [0.29, 0.717) is 19.1 Å². The lowest BCUT2D eigenvalue weighted by Gasteiger charge is -2.19. The molecule has 0 bridgehead atoms. The standard InChI is InChI=1S/C16H25N3O/c1-19(15-9-3-2-4-10-15)12-11-17-16(20)13-18-14-7-5-6-8-14/h2-4,9-10,14,18H,5-8,11-13H2,1H3,(H,17,20). The van der Waals surface area contributed by atoms with Gasteiger partial charge in [0.1, 0.15) is 0 Å². The molecule has 4 nitrogen and oxygen atoms in total. The van der Waals surface area contributed by atoms with E-state index in [0.717, 1.165) is 6.54 Å². The van der Waals surface area contributed by atoms with Crippen molar-refractivity contribution >= 4 is 11.6 Å². The van der Waals surface area contributed by atoms with E-state index < -0.39 is 0 Å². The number of rotatable bonds is 7. The first-order chi connectivity index (χ1) is 9.75. The number of hydrogen-bond acceptors (Lipinski definition) is 3. The quantitative estimate of drug-likeness (QED) is 0.797. The molecule has 0 aromatic heterocycles. The zero-order valence-electron chi connectivity index (χ0n) is 12.3. The molecule has 1 aromatic rings. The van der Waals surface area contributed by atoms with E-state index in [2.05, 4.69) is 27.7 Å². The van der Waals surface area contributed by atoms with Crippen LogP contribution in [0.1, 0.15) is 25.7 Å². The molecule has 1 amide bonds. The van der Waals surface area contributed by atoms with Crippen LogP contribution in [0.3, 0.4) is 0 Å². The van der Waals surface area contributed by atoms with Crippen LogP contribution in [0.4, 0.5) is 5.69 Å². The maximum atomic E-state index is 11.7. The zero-order chi connectivity index (χ0) is 14.2. The van der Waals surface area contributed by atoms with Gasteiger partial charge in [0.25, 0.3) is 0 Å². The van der Waals surface area contributed by atoms with Crippen molar-refractivity contribution in [3.8, 4) is 0 Å². The van der Waals surface area contributed by atoms with Crippen molar-refractivity contribution in [3.05, 3.63) is 30.3 Å². The van der Waals surface area contributed by atoms with Crippen LogP contribution < -0.4 is 15.5 Å². The number of hydrogen-bond donors (Lipinski definition) is 2. The third kappa shape index (κ3) is 4.85. The van der Waals surface area contributed by atoms with Crippen molar-refractivity contribution in [3.63, 3.8) is 0 Å². The van der Waals surface area contributed by atoms with Crippen molar-refractivity contribution in [2.24, 2.45) is 0 Å². The van der Waals surface area contributed by atoms with Gasteiger partial charge in [0.05, 0.1) is 6.54 Å². The Labute approximate surface area is 121 Å². The van der Waals surface area contributed by atoms with Crippen LogP contribution in [0.2, 0.25) is 0 Å². The molecule has 0 spiro atoms. The number of para-hydroxylation sites is 1. The second-order valence-electron chi connectivity index (χ2n) is 5.47. The number of nitrogens with zero attached hydrogens (tertiary/aromatic N) is 1. The fraction of sp³-hybridized carbons (Fsp3) is 0.562. The van der Waals surface area contributed by atoms with E-state index >= 15 is 0 Å². The van der Waals surface area contributed by atoms with Crippen molar-refractivity contribution in [1.82, 2.24) is 10.6 Å². The minimum atomic E-state index is 0.0957. The Morgan fingerprint density at radius 3 is 2.65 bits per heavy atom. The molecule has 0 atom stereocenters. The van der Waals surface area contributed by atoms with Crippen LogP contribution in [-0.2, 0) is 4.79 Å². The third-order valence-electron chi connectivity index (χ3n) is 3.87. The second kappa shape index (κ2) is 7.90. The Kier molecular flexibility index (Phi) is 5.87. The molecule has 0 unspecified atom stereocenters. The number of likely N-dealkylation sites (N-methyl/N-ethyl adjacent to an activating group) is 1. The second-order valence-corrected chi connectivity index (χ2v) is 5.47. The van der Waals surface area contributed by atoms with E-state index in [1.54, 1.807) is 0 Å². The summed E-state index contributed by atoms with van der Waals surface area (Å²) in [5.41, 5.74) is 1.17. The lowest BCUT2D eigenvalue weighted by atomic mass is 10.2. The Morgan fingerprint density at radius 1 is 1.25 bits per heavy atom. The molecule has 110 valence electrons. The van der Waals surface area contributed by atoms with Crippen LogP contribution in [0.15, 0.2) is 30.3 Å². The summed E-state index contributed by atoms with van der Waals surface area (Å²) in [5, 5.41) is 6.29. The Balaban J connectivity index is 1.59. The highest BCUT2D eigenvalue weighted by atomic mass is 16.1. The topological polar surface area (TPSA) is 44.4 Å². The van der Waals surface area contributed by atoms with Gasteiger partial charge in [-0.15, -0.1) is 0 Å². The number of benzene rings is 1. The highest BCUT2D eigenvalue weighted by Gasteiger charge is 2.14. The van der Waals surface area contributed by atoms with E-state index in [4.69, 9.17) is 0 Å². The third-order valence-corrected chi connectivity index (χ3v) is 3.87. The smallest absolute Gasteiger partial charge is 0.234 e. The summed E-state index contributed by atoms with van der Waals surface area (Å²) >= 11 is 0. The van der Waals surface area contributed by atoms with Gasteiger partial charge in [-0.3, -0.25) is 4.79 Å². The van der Waals surface area contributed by atoms with Gasteiger partial charge in [-0.1, -0.05) is 31.0 Å². The maximum Gasteiger partial charge on any atom is 0.234 e. The number of amides is 1. The van der Waals surface area contributed by atoms with Gasteiger partial charge in [-0.2, -0.15) is 0 Å². The first-order valence-corrected chi connectivity index (χ1v) is 7.52. The minimum absolute atomic E-state index is 0.0957. The Hall–Kier alpha value is -1.55. The van der Waals surface area contributed by atoms with Gasteiger partial charge in [0, 0.05) is 31.9 Å². The fourth-order valence-electron chi connectivity index (χ4n) is 2.60. The predicted octanol–water partition coefficient (Wildman–Crippen LogP) is 1.77. The van der Waals surface area contributed by atoms with Gasteiger partial charge < -0.3 is 15.5 Å². The molecule has 2 N–H and O–H groups in total. The van der Waals surface area contributed by atoms with Crippen LogP contribution in [0.25, 0.3) is 0 Å². The van der Waals surface area contributed by atoms with E-state index in [9.17, 15) is 4.79 Å². The van der Waals surface area contributed by atoms with Gasteiger partial charge in [0.15, 0.2) is 0 Å². The molecule has 0 radical (unpaired) electrons. The van der Waals surface area contributed by atoms with Gasteiger partial charge in [0.2, 0.25) is 5.91 Å². The molecule has 2 rings (SSSR count). The molecule has 0 saturated heterocycles. The molecule has 20 heavy (non-hydrogen) atoms. The molecule has 1 fully saturated rings. The largest absolute Gasteiger partial charge is 0.373 e. The van der Waals surface area contributed by atoms with Gasteiger partial charge in [-0.25, -0.2) is 0 Å². The molecule has 1 aromatic carbocycles. The van der Waals surface area contributed by atoms with Crippen LogP contribution >= 0.6 is 0 Å². The number of nitrogens with one attached hydrogen (secondary N) is 2. The summed E-state index contributed by atoms with van der Waals surface area (Å²) in [5.74, 6) is 0.0957. The normalized spacial score (nSPS) is 15.2. The molecule has 1 aliphatic carbocycles. The monoisotopic (exact) mass is 275 g/mol. The molecule has 1 saturated carbocycles.